The molecule has 5 heteroatoms. The highest BCUT2D eigenvalue weighted by atomic mass is 32.1. The molecule has 0 atom stereocenters. The largest absolute Gasteiger partial charge is 0.309 e. The van der Waals surface area contributed by atoms with Crippen LogP contribution in [0.5, 0.6) is 0 Å². The molecule has 0 fully saturated rings. The quantitative estimate of drug-likeness (QED) is 0.153. The van der Waals surface area contributed by atoms with Crippen molar-refractivity contribution in [1.82, 2.24) is 19.5 Å². The van der Waals surface area contributed by atoms with Gasteiger partial charge < -0.3 is 4.57 Å². The van der Waals surface area contributed by atoms with Crippen LogP contribution in [-0.2, 0) is 0 Å². The second-order valence-corrected chi connectivity index (χ2v) is 18.2. The van der Waals surface area contributed by atoms with Crippen molar-refractivity contribution >= 4 is 53.3 Å². The highest BCUT2D eigenvalue weighted by molar-refractivity contribution is 7.26. The Morgan fingerprint density at radius 3 is 1.47 bits per heavy atom. The van der Waals surface area contributed by atoms with Crippen LogP contribution in [0.15, 0.2) is 243 Å². The summed E-state index contributed by atoms with van der Waals surface area (Å²) in [5, 5.41) is 4.95. The number of rotatable bonds is 8. The molecule has 3 aromatic heterocycles. The third-order valence-corrected chi connectivity index (χ3v) is 14.3. The van der Waals surface area contributed by atoms with Crippen molar-refractivity contribution < 1.29 is 0 Å². The number of aromatic nitrogens is 4. The van der Waals surface area contributed by atoms with E-state index < -0.39 is 0 Å². The summed E-state index contributed by atoms with van der Waals surface area (Å²) in [7, 11) is 0. The van der Waals surface area contributed by atoms with Crippen molar-refractivity contribution in [3.8, 4) is 84.4 Å². The number of hydrogen-bond donors (Lipinski definition) is 0. The zero-order chi connectivity index (χ0) is 45.0. The van der Waals surface area contributed by atoms with E-state index in [-0.39, 0.29) is 0 Å². The lowest BCUT2D eigenvalue weighted by Gasteiger charge is -2.17. The highest BCUT2D eigenvalue weighted by Crippen LogP contribution is 2.43. The standard InChI is InChI=1S/C63H40N4S/c1-5-16-41(17-6-1)47-34-37-56-55(38-47)52-36-32-48(42-18-7-2-8-19-42)39-58(52)67(56)57-40-49(33-35-50(57)43-20-9-3-10-21-43)63-65-61(45-22-11-4-12-23-45)64-62(66-63)46-30-28-44(29-31-46)51-25-15-26-54-53-24-13-14-27-59(53)68-60(51)54/h1-40H. The van der Waals surface area contributed by atoms with Crippen LogP contribution in [0.4, 0.5) is 0 Å². The molecule has 0 amide bonds. The van der Waals surface area contributed by atoms with E-state index in [1.54, 1.807) is 0 Å². The van der Waals surface area contributed by atoms with Crippen molar-refractivity contribution in [3.63, 3.8) is 0 Å². The van der Waals surface area contributed by atoms with Crippen molar-refractivity contribution in [2.75, 3.05) is 0 Å². The van der Waals surface area contributed by atoms with Crippen LogP contribution >= 0.6 is 11.3 Å². The molecule has 3 heterocycles. The van der Waals surface area contributed by atoms with Crippen LogP contribution in [0.25, 0.3) is 126 Å². The fourth-order valence-electron chi connectivity index (χ4n) is 9.74. The molecule has 0 N–H and O–H groups in total. The predicted octanol–water partition coefficient (Wildman–Crippen LogP) is 17.0. The second-order valence-electron chi connectivity index (χ2n) is 17.2. The molecule has 0 saturated heterocycles. The number of thiophene rings is 1. The molecule has 318 valence electrons. The van der Waals surface area contributed by atoms with Crippen LogP contribution in [-0.4, -0.2) is 19.5 Å². The number of fused-ring (bicyclic) bond motifs is 6. The molecule has 13 aromatic rings. The van der Waals surface area contributed by atoms with Crippen molar-refractivity contribution in [3.05, 3.63) is 243 Å². The van der Waals surface area contributed by atoms with Gasteiger partial charge in [0.2, 0.25) is 0 Å². The molecule has 0 radical (unpaired) electrons. The van der Waals surface area contributed by atoms with Crippen LogP contribution in [0.1, 0.15) is 0 Å². The van der Waals surface area contributed by atoms with Gasteiger partial charge in [-0.3, -0.25) is 0 Å². The van der Waals surface area contributed by atoms with Crippen LogP contribution in [0.3, 0.4) is 0 Å². The molecule has 0 bridgehead atoms. The zero-order valence-corrected chi connectivity index (χ0v) is 37.6. The molecule has 13 rings (SSSR count). The minimum atomic E-state index is 0.603. The van der Waals surface area contributed by atoms with Gasteiger partial charge in [0, 0.05) is 53.2 Å². The van der Waals surface area contributed by atoms with Gasteiger partial charge in [0.1, 0.15) is 0 Å². The van der Waals surface area contributed by atoms with E-state index in [2.05, 4.69) is 229 Å². The van der Waals surface area contributed by atoms with E-state index in [1.165, 1.54) is 53.2 Å². The normalized spacial score (nSPS) is 11.5. The fraction of sp³-hybridized carbons (Fsp3) is 0. The van der Waals surface area contributed by atoms with E-state index in [0.29, 0.717) is 17.5 Å². The molecule has 0 saturated carbocycles. The van der Waals surface area contributed by atoms with E-state index in [0.717, 1.165) is 55.7 Å². The summed E-state index contributed by atoms with van der Waals surface area (Å²) in [5.74, 6) is 1.84. The summed E-state index contributed by atoms with van der Waals surface area (Å²) in [5.41, 5.74) is 15.3. The van der Waals surface area contributed by atoms with Gasteiger partial charge in [-0.2, -0.15) is 0 Å². The Labute approximate surface area is 397 Å². The molecule has 0 spiro atoms. The van der Waals surface area contributed by atoms with E-state index in [4.69, 9.17) is 15.0 Å². The van der Waals surface area contributed by atoms with E-state index in [9.17, 15) is 0 Å². The van der Waals surface area contributed by atoms with Crippen molar-refractivity contribution in [2.45, 2.75) is 0 Å². The van der Waals surface area contributed by atoms with E-state index >= 15 is 0 Å². The average molecular weight is 885 g/mol. The minimum absolute atomic E-state index is 0.603. The topological polar surface area (TPSA) is 43.6 Å². The van der Waals surface area contributed by atoms with Gasteiger partial charge in [0.25, 0.3) is 0 Å². The summed E-state index contributed by atoms with van der Waals surface area (Å²) < 4.78 is 5.03. The SMILES string of the molecule is c1ccc(-c2ccc3c(c2)c2ccc(-c4ccccc4)cc2n3-c2cc(-c3nc(-c4ccccc4)nc(-c4ccc(-c5cccc6c5sc5ccccc56)cc4)n3)ccc2-c2ccccc2)cc1. The molecular formula is C63H40N4S. The van der Waals surface area contributed by atoms with Gasteiger partial charge in [-0.15, -0.1) is 11.3 Å². The molecular weight excluding hydrogens is 845 g/mol. The van der Waals surface area contributed by atoms with E-state index in [1.807, 2.05) is 29.5 Å². The molecule has 68 heavy (non-hydrogen) atoms. The summed E-state index contributed by atoms with van der Waals surface area (Å²) >= 11 is 1.85. The van der Waals surface area contributed by atoms with Gasteiger partial charge in [-0.05, 0) is 69.3 Å². The summed E-state index contributed by atoms with van der Waals surface area (Å²) in [6.07, 6.45) is 0. The molecule has 0 aliphatic rings. The Morgan fingerprint density at radius 2 is 0.779 bits per heavy atom. The molecule has 0 aliphatic heterocycles. The first kappa shape index (κ1) is 39.6. The number of nitrogens with zero attached hydrogens (tertiary/aromatic N) is 4. The Bertz CT molecular complexity index is 3990. The van der Waals surface area contributed by atoms with Crippen molar-refractivity contribution in [1.29, 1.82) is 0 Å². The maximum absolute atomic E-state index is 5.30. The Balaban J connectivity index is 1.00. The maximum Gasteiger partial charge on any atom is 0.164 e. The molecule has 0 unspecified atom stereocenters. The number of benzene rings is 10. The van der Waals surface area contributed by atoms with Gasteiger partial charge in [-0.25, -0.2) is 15.0 Å². The van der Waals surface area contributed by atoms with Crippen molar-refractivity contribution in [2.24, 2.45) is 0 Å². The first-order valence-corrected chi connectivity index (χ1v) is 23.7. The first-order chi connectivity index (χ1) is 33.7. The second kappa shape index (κ2) is 16.6. The third-order valence-electron chi connectivity index (χ3n) is 13.1. The lowest BCUT2D eigenvalue weighted by Crippen LogP contribution is -2.02. The lowest BCUT2D eigenvalue weighted by atomic mass is 10.00. The van der Waals surface area contributed by atoms with Crippen LogP contribution in [0.2, 0.25) is 0 Å². The van der Waals surface area contributed by atoms with Crippen LogP contribution in [0, 0.1) is 0 Å². The zero-order valence-electron chi connectivity index (χ0n) is 36.8. The maximum atomic E-state index is 5.30. The lowest BCUT2D eigenvalue weighted by molar-refractivity contribution is 1.07. The molecule has 0 aliphatic carbocycles. The fourth-order valence-corrected chi connectivity index (χ4v) is 11.0. The average Bonchev–Trinajstić information content (AvgIpc) is 3.97. The molecule has 10 aromatic carbocycles. The summed E-state index contributed by atoms with van der Waals surface area (Å²) in [4.78, 5) is 15.7. The minimum Gasteiger partial charge on any atom is -0.309 e. The van der Waals surface area contributed by atoms with Gasteiger partial charge >= 0.3 is 0 Å². The number of hydrogen-bond acceptors (Lipinski definition) is 4. The summed E-state index contributed by atoms with van der Waals surface area (Å²) in [6, 6.07) is 86.5. The Kier molecular flexibility index (Phi) is 9.66. The Hall–Kier alpha value is -8.77. The summed E-state index contributed by atoms with van der Waals surface area (Å²) in [6.45, 7) is 0. The third kappa shape index (κ3) is 6.96. The smallest absolute Gasteiger partial charge is 0.164 e. The monoisotopic (exact) mass is 884 g/mol. The van der Waals surface area contributed by atoms with Gasteiger partial charge in [-0.1, -0.05) is 212 Å². The molecule has 4 nitrogen and oxygen atoms in total. The first-order valence-electron chi connectivity index (χ1n) is 22.9. The highest BCUT2D eigenvalue weighted by Gasteiger charge is 2.21. The van der Waals surface area contributed by atoms with Gasteiger partial charge in [0.15, 0.2) is 17.5 Å². The Morgan fingerprint density at radius 1 is 0.279 bits per heavy atom. The van der Waals surface area contributed by atoms with Crippen LogP contribution < -0.4 is 0 Å². The predicted molar refractivity (Wildman–Crippen MR) is 285 cm³/mol. The van der Waals surface area contributed by atoms with Gasteiger partial charge in [0.05, 0.1) is 16.7 Å².